The first-order chi connectivity index (χ1) is 14.1. The van der Waals surface area contributed by atoms with Crippen molar-refractivity contribution < 1.29 is 14.1 Å². The molecule has 6 nitrogen and oxygen atoms in total. The molecule has 2 aromatic rings. The van der Waals surface area contributed by atoms with Gasteiger partial charge < -0.3 is 15.3 Å². The molecule has 2 aromatic carbocycles. The third kappa shape index (κ3) is 4.86. The largest absolute Gasteiger partial charge is 0.388 e. The number of piperazine rings is 1. The van der Waals surface area contributed by atoms with Gasteiger partial charge >= 0.3 is 0 Å². The molecule has 1 amide bonds. The van der Waals surface area contributed by atoms with Gasteiger partial charge in [-0.25, -0.2) is 0 Å². The standard InChI is InChI=1S/C22H27N3O3S/c26-20(17-8-9-21-19(15-17)23-22(27)16-29(21)28)7-4-10-24-11-13-25(14-12-24)18-5-2-1-3-6-18/h1-3,5-6,8-9,15,20,26H,4,7,10-14,16H2,(H,23,27). The Labute approximate surface area is 174 Å². The van der Waals surface area contributed by atoms with Crippen molar-refractivity contribution in [3.63, 3.8) is 0 Å². The van der Waals surface area contributed by atoms with E-state index >= 15 is 0 Å². The SMILES string of the molecule is O=C1CS(=O)c2ccc(C(O)CCCN3CCN(c4ccccc4)CC3)cc2N1. The monoisotopic (exact) mass is 413 g/mol. The van der Waals surface area contributed by atoms with Gasteiger partial charge in [-0.05, 0) is 49.2 Å². The number of fused-ring (bicyclic) bond motifs is 1. The molecule has 1 fully saturated rings. The van der Waals surface area contributed by atoms with Crippen LogP contribution < -0.4 is 10.2 Å². The number of nitrogens with zero attached hydrogens (tertiary/aromatic N) is 2. The first-order valence-corrected chi connectivity index (χ1v) is 11.4. The molecule has 0 spiro atoms. The van der Waals surface area contributed by atoms with Crippen molar-refractivity contribution in [1.29, 1.82) is 0 Å². The number of hydrogen-bond donors (Lipinski definition) is 2. The molecule has 2 atom stereocenters. The molecule has 4 rings (SSSR count). The van der Waals surface area contributed by atoms with Crippen LogP contribution >= 0.6 is 0 Å². The Morgan fingerprint density at radius 2 is 1.83 bits per heavy atom. The van der Waals surface area contributed by atoms with Crippen LogP contribution in [0.5, 0.6) is 0 Å². The van der Waals surface area contributed by atoms with Crippen molar-refractivity contribution in [3.8, 4) is 0 Å². The second-order valence-electron chi connectivity index (χ2n) is 7.62. The normalized spacial score (nSPS) is 20.8. The Morgan fingerprint density at radius 3 is 2.59 bits per heavy atom. The van der Waals surface area contributed by atoms with Crippen LogP contribution in [0.25, 0.3) is 0 Å². The molecule has 2 aliphatic heterocycles. The van der Waals surface area contributed by atoms with E-state index in [0.29, 0.717) is 17.0 Å². The first kappa shape index (κ1) is 20.1. The maximum absolute atomic E-state index is 12.0. The third-order valence-electron chi connectivity index (χ3n) is 5.62. The van der Waals surface area contributed by atoms with Crippen LogP contribution in [-0.2, 0) is 15.6 Å². The molecule has 0 aliphatic carbocycles. The minimum absolute atomic E-state index is 0.00638. The smallest absolute Gasteiger partial charge is 0.237 e. The van der Waals surface area contributed by atoms with Crippen LogP contribution in [0.1, 0.15) is 24.5 Å². The van der Waals surface area contributed by atoms with Crippen molar-refractivity contribution in [2.24, 2.45) is 0 Å². The molecule has 0 radical (unpaired) electrons. The van der Waals surface area contributed by atoms with Gasteiger partial charge in [0, 0.05) is 31.9 Å². The summed E-state index contributed by atoms with van der Waals surface area (Å²) >= 11 is 0. The third-order valence-corrected chi connectivity index (χ3v) is 6.99. The van der Waals surface area contributed by atoms with E-state index in [2.05, 4.69) is 39.4 Å². The van der Waals surface area contributed by atoms with Crippen molar-refractivity contribution in [2.45, 2.75) is 23.8 Å². The van der Waals surface area contributed by atoms with Crippen LogP contribution in [0.2, 0.25) is 0 Å². The number of anilines is 2. The molecule has 0 aromatic heterocycles. The minimum atomic E-state index is -1.30. The highest BCUT2D eigenvalue weighted by molar-refractivity contribution is 7.86. The van der Waals surface area contributed by atoms with E-state index in [4.69, 9.17) is 0 Å². The number of aliphatic hydroxyl groups excluding tert-OH is 1. The lowest BCUT2D eigenvalue weighted by molar-refractivity contribution is -0.114. The van der Waals surface area contributed by atoms with Crippen LogP contribution in [-0.4, -0.2) is 58.6 Å². The summed E-state index contributed by atoms with van der Waals surface area (Å²) in [7, 11) is -1.30. The number of aliphatic hydroxyl groups is 1. The molecule has 1 saturated heterocycles. The molecule has 7 heteroatoms. The summed E-state index contributed by atoms with van der Waals surface area (Å²) in [6.45, 7) is 5.07. The quantitative estimate of drug-likeness (QED) is 0.761. The lowest BCUT2D eigenvalue weighted by Gasteiger charge is -2.36. The molecule has 2 aliphatic rings. The van der Waals surface area contributed by atoms with E-state index in [1.54, 1.807) is 12.1 Å². The molecule has 154 valence electrons. The van der Waals surface area contributed by atoms with E-state index in [-0.39, 0.29) is 11.7 Å². The van der Waals surface area contributed by atoms with E-state index < -0.39 is 16.9 Å². The lowest BCUT2D eigenvalue weighted by atomic mass is 10.0. The number of amides is 1. The average molecular weight is 414 g/mol. The fraction of sp³-hybridized carbons (Fsp3) is 0.409. The highest BCUT2D eigenvalue weighted by Crippen LogP contribution is 2.29. The van der Waals surface area contributed by atoms with Crippen molar-refractivity contribution in [3.05, 3.63) is 54.1 Å². The highest BCUT2D eigenvalue weighted by atomic mass is 32.2. The zero-order valence-corrected chi connectivity index (χ0v) is 17.2. The van der Waals surface area contributed by atoms with Crippen LogP contribution in [0.3, 0.4) is 0 Å². The average Bonchev–Trinajstić information content (AvgIpc) is 2.74. The number of nitrogens with one attached hydrogen (secondary N) is 1. The second kappa shape index (κ2) is 9.07. The van der Waals surface area contributed by atoms with Gasteiger partial charge in [-0.15, -0.1) is 0 Å². The van der Waals surface area contributed by atoms with Crippen LogP contribution in [0.4, 0.5) is 11.4 Å². The van der Waals surface area contributed by atoms with Crippen molar-refractivity contribution in [1.82, 2.24) is 4.90 Å². The molecular weight excluding hydrogens is 386 g/mol. The molecule has 2 heterocycles. The molecule has 29 heavy (non-hydrogen) atoms. The van der Waals surface area contributed by atoms with Crippen LogP contribution in [0.15, 0.2) is 53.4 Å². The Morgan fingerprint density at radius 1 is 1.07 bits per heavy atom. The van der Waals surface area contributed by atoms with Gasteiger partial charge in [0.25, 0.3) is 0 Å². The maximum Gasteiger partial charge on any atom is 0.237 e. The predicted octanol–water partition coefficient (Wildman–Crippen LogP) is 2.38. The van der Waals surface area contributed by atoms with Gasteiger partial charge in [-0.1, -0.05) is 24.3 Å². The Kier molecular flexibility index (Phi) is 6.28. The number of benzene rings is 2. The molecule has 0 saturated carbocycles. The van der Waals surface area contributed by atoms with Gasteiger partial charge in [0.2, 0.25) is 5.91 Å². The summed E-state index contributed by atoms with van der Waals surface area (Å²) in [6.07, 6.45) is 0.981. The summed E-state index contributed by atoms with van der Waals surface area (Å²) in [4.78, 5) is 17.1. The van der Waals surface area contributed by atoms with E-state index in [1.807, 2.05) is 12.1 Å². The minimum Gasteiger partial charge on any atom is -0.388 e. The summed E-state index contributed by atoms with van der Waals surface area (Å²) in [5.41, 5.74) is 2.60. The number of para-hydroxylation sites is 1. The summed E-state index contributed by atoms with van der Waals surface area (Å²) in [5, 5.41) is 13.3. The van der Waals surface area contributed by atoms with Crippen molar-refractivity contribution >= 4 is 28.1 Å². The number of rotatable bonds is 6. The Bertz CT molecular complexity index is 882. The second-order valence-corrected chi connectivity index (χ2v) is 9.04. The number of hydrogen-bond acceptors (Lipinski definition) is 5. The first-order valence-electron chi connectivity index (χ1n) is 10.1. The predicted molar refractivity (Wildman–Crippen MR) is 116 cm³/mol. The fourth-order valence-electron chi connectivity index (χ4n) is 3.98. The van der Waals surface area contributed by atoms with E-state index in [0.717, 1.165) is 44.7 Å². The maximum atomic E-state index is 12.0. The fourth-order valence-corrected chi connectivity index (χ4v) is 5.02. The molecule has 2 N–H and O–H groups in total. The van der Waals surface area contributed by atoms with E-state index in [1.165, 1.54) is 5.69 Å². The highest BCUT2D eigenvalue weighted by Gasteiger charge is 2.23. The van der Waals surface area contributed by atoms with Gasteiger partial charge in [-0.2, -0.15) is 0 Å². The van der Waals surface area contributed by atoms with Gasteiger partial charge in [0.05, 0.1) is 27.5 Å². The van der Waals surface area contributed by atoms with Crippen LogP contribution in [0, 0.1) is 0 Å². The zero-order valence-electron chi connectivity index (χ0n) is 16.4. The van der Waals surface area contributed by atoms with Gasteiger partial charge in [-0.3, -0.25) is 13.9 Å². The number of carbonyl (C=O) groups excluding carboxylic acids is 1. The van der Waals surface area contributed by atoms with Gasteiger partial charge in [0.15, 0.2) is 0 Å². The molecule has 2 unspecified atom stereocenters. The molecule has 0 bridgehead atoms. The van der Waals surface area contributed by atoms with E-state index in [9.17, 15) is 14.1 Å². The lowest BCUT2D eigenvalue weighted by Crippen LogP contribution is -2.46. The Balaban J connectivity index is 1.25. The molecular formula is C22H27N3O3S. The zero-order chi connectivity index (χ0) is 20.2. The summed E-state index contributed by atoms with van der Waals surface area (Å²) < 4.78 is 12.0. The Hall–Kier alpha value is -2.22. The number of carbonyl (C=O) groups is 1. The van der Waals surface area contributed by atoms with Crippen molar-refractivity contribution in [2.75, 3.05) is 48.7 Å². The summed E-state index contributed by atoms with van der Waals surface area (Å²) in [6, 6.07) is 15.8. The summed E-state index contributed by atoms with van der Waals surface area (Å²) in [5.74, 6) is -0.232. The van der Waals surface area contributed by atoms with Gasteiger partial charge in [0.1, 0.15) is 5.75 Å². The topological polar surface area (TPSA) is 72.9 Å².